The van der Waals surface area contributed by atoms with Gasteiger partial charge < -0.3 is 25.2 Å². The van der Waals surface area contributed by atoms with Crippen LogP contribution >= 0.6 is 0 Å². The van der Waals surface area contributed by atoms with Crippen LogP contribution in [0.3, 0.4) is 0 Å². The van der Waals surface area contributed by atoms with Crippen molar-refractivity contribution in [1.29, 1.82) is 0 Å². The molecule has 4 N–H and O–H groups in total. The van der Waals surface area contributed by atoms with Gasteiger partial charge in [0, 0.05) is 17.6 Å². The van der Waals surface area contributed by atoms with Gasteiger partial charge >= 0.3 is 5.97 Å². The second-order valence-electron chi connectivity index (χ2n) is 7.12. The molecular weight excluding hydrogens is 388 g/mol. The average Bonchev–Trinajstić information content (AvgIpc) is 3.03. The fourth-order valence-corrected chi connectivity index (χ4v) is 4.06. The van der Waals surface area contributed by atoms with Crippen LogP contribution in [-0.4, -0.2) is 44.0 Å². The third-order valence-electron chi connectivity index (χ3n) is 5.30. The van der Waals surface area contributed by atoms with E-state index in [1.54, 1.807) is 14.2 Å². The molecule has 0 fully saturated rings. The summed E-state index contributed by atoms with van der Waals surface area (Å²) >= 11 is 0. The van der Waals surface area contributed by atoms with Gasteiger partial charge in [-0.1, -0.05) is 5.57 Å². The summed E-state index contributed by atoms with van der Waals surface area (Å²) in [5, 5.41) is 16.8. The molecule has 0 heterocycles. The number of aryl methyl sites for hydroxylation is 1. The minimum Gasteiger partial charge on any atom is -0.493 e. The van der Waals surface area contributed by atoms with E-state index in [-0.39, 0.29) is 13.0 Å². The lowest BCUT2D eigenvalue weighted by Gasteiger charge is -2.21. The van der Waals surface area contributed by atoms with Crippen molar-refractivity contribution in [2.24, 2.45) is 16.0 Å². The zero-order valence-corrected chi connectivity index (χ0v) is 17.4. The Morgan fingerprint density at radius 2 is 2.07 bits per heavy atom. The number of methoxy groups -OCH3 is 2. The number of nitrogens with zero attached hydrogens (tertiary/aromatic N) is 2. The van der Waals surface area contributed by atoms with Crippen molar-refractivity contribution < 1.29 is 24.1 Å². The first-order valence-corrected chi connectivity index (χ1v) is 9.99. The van der Waals surface area contributed by atoms with Gasteiger partial charge in [-0.05, 0) is 50.2 Å². The first kappa shape index (κ1) is 21.5. The molecule has 0 aromatic heterocycles. The number of aliphatic carboxylic acids is 1. The largest absolute Gasteiger partial charge is 0.493 e. The molecule has 0 radical (unpaired) electrons. The van der Waals surface area contributed by atoms with E-state index in [1.807, 2.05) is 6.07 Å². The van der Waals surface area contributed by atoms with E-state index < -0.39 is 5.97 Å². The van der Waals surface area contributed by atoms with Crippen molar-refractivity contribution in [1.82, 2.24) is 5.43 Å². The van der Waals surface area contributed by atoms with Gasteiger partial charge in [-0.25, -0.2) is 0 Å². The number of hydrogen-bond donors (Lipinski definition) is 3. The summed E-state index contributed by atoms with van der Waals surface area (Å²) in [5.74, 6) is 5.99. The molecule has 3 rings (SSSR count). The van der Waals surface area contributed by atoms with Gasteiger partial charge in [-0.2, -0.15) is 10.2 Å². The van der Waals surface area contributed by atoms with E-state index in [1.165, 1.54) is 11.9 Å². The molecule has 0 aliphatic heterocycles. The number of rotatable bonds is 9. The monoisotopic (exact) mass is 416 g/mol. The third kappa shape index (κ3) is 4.50. The number of carboxylic acid groups (broad SMARTS) is 1. The first-order valence-electron chi connectivity index (χ1n) is 9.99. The molecule has 30 heavy (non-hydrogen) atoms. The summed E-state index contributed by atoms with van der Waals surface area (Å²) in [6.07, 6.45) is 6.38. The van der Waals surface area contributed by atoms with Crippen molar-refractivity contribution in [3.05, 3.63) is 22.8 Å². The lowest BCUT2D eigenvalue weighted by molar-refractivity contribution is -0.137. The van der Waals surface area contributed by atoms with Crippen LogP contribution in [0.5, 0.6) is 17.2 Å². The molecule has 0 saturated carbocycles. The van der Waals surface area contributed by atoms with E-state index in [0.717, 1.165) is 54.5 Å². The Balaban J connectivity index is 2.10. The fourth-order valence-electron chi connectivity index (χ4n) is 4.06. The predicted molar refractivity (Wildman–Crippen MR) is 114 cm³/mol. The summed E-state index contributed by atoms with van der Waals surface area (Å²) in [4.78, 5) is 10.9. The molecular formula is C21H28N4O5. The lowest BCUT2D eigenvalue weighted by Crippen LogP contribution is -2.12. The van der Waals surface area contributed by atoms with Crippen molar-refractivity contribution in [2.75, 3.05) is 20.8 Å². The van der Waals surface area contributed by atoms with Gasteiger partial charge in [-0.3, -0.25) is 10.2 Å². The molecule has 0 amide bonds. The second kappa shape index (κ2) is 10.00. The molecule has 1 aromatic carbocycles. The Kier molecular flexibility index (Phi) is 7.16. The van der Waals surface area contributed by atoms with Crippen LogP contribution in [0.1, 0.15) is 49.7 Å². The number of carboxylic acids is 1. The second-order valence-corrected chi connectivity index (χ2v) is 7.12. The number of allylic oxidation sites excluding steroid dienone is 2. The molecule has 2 aliphatic carbocycles. The standard InChI is InChI=1S/C21H28N4O5/c1-28-16-11-14-6-3-5-13-8-9-15(25-24-12-23-22)18(13)19(14)21(20(16)29-2)30-10-4-7-17(26)27/h11-12H,3-10,22H2,1-2H3,(H,23,24)(H,26,27). The Hall–Kier alpha value is -3.23. The zero-order valence-electron chi connectivity index (χ0n) is 17.4. The van der Waals surface area contributed by atoms with E-state index in [4.69, 9.17) is 25.2 Å². The van der Waals surface area contributed by atoms with Crippen molar-refractivity contribution >= 4 is 23.6 Å². The molecule has 9 heteroatoms. The summed E-state index contributed by atoms with van der Waals surface area (Å²) < 4.78 is 17.3. The maximum Gasteiger partial charge on any atom is 0.303 e. The normalized spacial score (nSPS) is 16.9. The third-order valence-corrected chi connectivity index (χ3v) is 5.30. The molecule has 2 aliphatic rings. The maximum absolute atomic E-state index is 10.9. The average molecular weight is 416 g/mol. The van der Waals surface area contributed by atoms with Crippen molar-refractivity contribution in [3.63, 3.8) is 0 Å². The van der Waals surface area contributed by atoms with Crippen LogP contribution < -0.4 is 25.5 Å². The highest BCUT2D eigenvalue weighted by Crippen LogP contribution is 2.50. The summed E-state index contributed by atoms with van der Waals surface area (Å²) in [6.45, 7) is 0.259. The zero-order chi connectivity index (χ0) is 21.5. The Labute approximate surface area is 175 Å². The van der Waals surface area contributed by atoms with Gasteiger partial charge in [0.25, 0.3) is 0 Å². The van der Waals surface area contributed by atoms with Crippen LogP contribution in [0.2, 0.25) is 0 Å². The van der Waals surface area contributed by atoms with Crippen LogP contribution in [-0.2, 0) is 11.2 Å². The highest BCUT2D eigenvalue weighted by atomic mass is 16.5. The number of nitrogens with two attached hydrogens (primary N) is 1. The molecule has 0 bridgehead atoms. The van der Waals surface area contributed by atoms with E-state index in [0.29, 0.717) is 23.7 Å². The molecule has 9 nitrogen and oxygen atoms in total. The lowest BCUT2D eigenvalue weighted by atomic mass is 9.94. The SMILES string of the molecule is COc1cc2c(c(OCCCC(=O)O)c1OC)C1=C(CCC2)CCC1=NNC=NN. The Morgan fingerprint density at radius 1 is 1.23 bits per heavy atom. The van der Waals surface area contributed by atoms with Crippen LogP contribution in [0.15, 0.2) is 21.8 Å². The predicted octanol–water partition coefficient (Wildman–Crippen LogP) is 2.68. The van der Waals surface area contributed by atoms with Gasteiger partial charge in [0.15, 0.2) is 11.5 Å². The molecule has 0 saturated heterocycles. The number of carbonyl (C=O) groups is 1. The van der Waals surface area contributed by atoms with E-state index >= 15 is 0 Å². The van der Waals surface area contributed by atoms with Gasteiger partial charge in [0.1, 0.15) is 6.34 Å². The van der Waals surface area contributed by atoms with Gasteiger partial charge in [-0.15, -0.1) is 0 Å². The topological polar surface area (TPSA) is 128 Å². The highest BCUT2D eigenvalue weighted by molar-refractivity contribution is 6.28. The van der Waals surface area contributed by atoms with Crippen LogP contribution in [0.25, 0.3) is 5.57 Å². The van der Waals surface area contributed by atoms with Crippen LogP contribution in [0, 0.1) is 0 Å². The highest BCUT2D eigenvalue weighted by Gasteiger charge is 2.32. The van der Waals surface area contributed by atoms with E-state index in [2.05, 4.69) is 15.6 Å². The van der Waals surface area contributed by atoms with E-state index in [9.17, 15) is 4.79 Å². The number of nitrogens with one attached hydrogen (secondary N) is 1. The minimum absolute atomic E-state index is 0.0392. The number of ether oxygens (including phenoxy) is 3. The Bertz CT molecular complexity index is 892. The van der Waals surface area contributed by atoms with Crippen LogP contribution in [0.4, 0.5) is 0 Å². The van der Waals surface area contributed by atoms with Gasteiger partial charge in [0.2, 0.25) is 5.75 Å². The smallest absolute Gasteiger partial charge is 0.303 e. The molecule has 162 valence electrons. The number of fused-ring (bicyclic) bond motifs is 2. The molecule has 1 aromatic rings. The van der Waals surface area contributed by atoms with Crippen molar-refractivity contribution in [3.8, 4) is 17.2 Å². The van der Waals surface area contributed by atoms with Gasteiger partial charge in [0.05, 0.1) is 26.5 Å². The molecule has 0 unspecified atom stereocenters. The number of hydrogen-bond acceptors (Lipinski definition) is 7. The number of hydrazone groups is 2. The molecule has 0 spiro atoms. The Morgan fingerprint density at radius 3 is 2.77 bits per heavy atom. The minimum atomic E-state index is -0.849. The van der Waals surface area contributed by atoms with Crippen molar-refractivity contribution in [2.45, 2.75) is 44.9 Å². The quantitative estimate of drug-likeness (QED) is 0.186. The first-order chi connectivity index (χ1) is 14.6. The molecule has 0 atom stereocenters. The summed E-state index contributed by atoms with van der Waals surface area (Å²) in [5.41, 5.74) is 8.14. The summed E-state index contributed by atoms with van der Waals surface area (Å²) in [7, 11) is 3.17. The summed E-state index contributed by atoms with van der Waals surface area (Å²) in [6, 6.07) is 2.00. The number of benzene rings is 1. The maximum atomic E-state index is 10.9. The fraction of sp³-hybridized carbons (Fsp3) is 0.476.